The summed E-state index contributed by atoms with van der Waals surface area (Å²) in [6.07, 6.45) is 6.77. The van der Waals surface area contributed by atoms with Crippen molar-refractivity contribution in [2.75, 3.05) is 42.4 Å². The quantitative estimate of drug-likeness (QED) is 0.0818. The summed E-state index contributed by atoms with van der Waals surface area (Å²) in [7, 11) is -0.703. The number of rotatable bonds is 13. The van der Waals surface area contributed by atoms with Crippen LogP contribution in [-0.2, 0) is 21.9 Å². The summed E-state index contributed by atoms with van der Waals surface area (Å²) >= 11 is 0. The van der Waals surface area contributed by atoms with Crippen LogP contribution in [0.2, 0.25) is 0 Å². The van der Waals surface area contributed by atoms with Crippen LogP contribution in [0.4, 0.5) is 23.0 Å². The third kappa shape index (κ3) is 9.24. The predicted octanol–water partition coefficient (Wildman–Crippen LogP) is 6.98. The number of sulfonamides is 1. The Bertz CT molecular complexity index is 2530. The van der Waals surface area contributed by atoms with Gasteiger partial charge in [0, 0.05) is 48.1 Å². The molecule has 0 saturated carbocycles. The summed E-state index contributed by atoms with van der Waals surface area (Å²) in [5, 5.41) is 9.82. The van der Waals surface area contributed by atoms with E-state index in [9.17, 15) is 18.0 Å². The number of methoxy groups -OCH3 is 2. The first-order valence-corrected chi connectivity index (χ1v) is 19.6. The van der Waals surface area contributed by atoms with Gasteiger partial charge in [-0.25, -0.2) is 23.4 Å². The Hall–Kier alpha value is -6.48. The van der Waals surface area contributed by atoms with Crippen molar-refractivity contribution in [1.29, 1.82) is 0 Å². The molecule has 0 bridgehead atoms. The molecule has 56 heavy (non-hydrogen) atoms. The normalized spacial score (nSPS) is 11.6. The number of nitrogens with one attached hydrogen (secondary N) is 5. The average molecular weight is 777 g/mol. The molecule has 2 aromatic heterocycles. The molecule has 0 aliphatic heterocycles. The molecule has 14 nitrogen and oxygen atoms in total. The summed E-state index contributed by atoms with van der Waals surface area (Å²) in [6.45, 7) is 8.38. The number of carbonyl (C=O) groups excluding carboxylic acids is 2. The number of ether oxygens (including phenoxy) is 2. The van der Waals surface area contributed by atoms with Crippen molar-refractivity contribution in [3.63, 3.8) is 0 Å². The minimum Gasteiger partial charge on any atom is -0.496 e. The molecule has 5 N–H and O–H groups in total. The van der Waals surface area contributed by atoms with Crippen molar-refractivity contribution in [3.05, 3.63) is 113 Å². The molecule has 0 unspecified atom stereocenters. The number of aromatic nitrogens is 4. The average Bonchev–Trinajstić information content (AvgIpc) is 3.67. The molecule has 0 radical (unpaired) electrons. The lowest BCUT2D eigenvalue weighted by Crippen LogP contribution is -2.26. The molecular formula is C41H44N8O6S. The Morgan fingerprint density at radius 3 is 2.38 bits per heavy atom. The van der Waals surface area contributed by atoms with Crippen molar-refractivity contribution in [1.82, 2.24) is 25.3 Å². The fraction of sp³-hybridized carbons (Fsp3) is 0.244. The van der Waals surface area contributed by atoms with Crippen LogP contribution in [0.25, 0.3) is 22.0 Å². The standard InChI is InChI=1S/C41H44N8O6S/c1-24-8-9-26(38(50)47-34-18-28(41(2,3)4)19-35(37(34)55-6)49-56(7,52)53)17-32(24)25-10-13-33-27(16-25)21-44-40(48-33)46-29-11-12-31(36(20-29)54-5)39(51)43-15-14-30-22-42-23-45-30/h8-13,16-23,49H,14-15H2,1-7H3,(H,42,45)(H,43,51)(H,47,50)(H,44,46,48). The fourth-order valence-electron chi connectivity index (χ4n) is 6.09. The van der Waals surface area contributed by atoms with E-state index < -0.39 is 15.9 Å². The number of hydrogen-bond acceptors (Lipinski definition) is 10. The molecule has 0 saturated heterocycles. The largest absolute Gasteiger partial charge is 0.496 e. The van der Waals surface area contributed by atoms with E-state index in [0.717, 1.165) is 39.6 Å². The first kappa shape index (κ1) is 39.2. The van der Waals surface area contributed by atoms with E-state index in [-0.39, 0.29) is 22.8 Å². The molecule has 2 amide bonds. The maximum absolute atomic E-state index is 13.7. The first-order chi connectivity index (χ1) is 26.6. The van der Waals surface area contributed by atoms with E-state index in [1.807, 2.05) is 58.0 Å². The number of H-pyrrole nitrogens is 1. The van der Waals surface area contributed by atoms with Gasteiger partial charge in [0.2, 0.25) is 16.0 Å². The Balaban J connectivity index is 1.20. The van der Waals surface area contributed by atoms with E-state index in [1.54, 1.807) is 55.1 Å². The molecule has 6 aromatic rings. The lowest BCUT2D eigenvalue weighted by molar-refractivity contribution is 0.0950. The molecule has 0 fully saturated rings. The number of carbonyl (C=O) groups is 2. The van der Waals surface area contributed by atoms with Gasteiger partial charge in [0.25, 0.3) is 11.8 Å². The zero-order chi connectivity index (χ0) is 40.2. The van der Waals surface area contributed by atoms with Gasteiger partial charge in [0.05, 0.1) is 55.0 Å². The number of anilines is 4. The SMILES string of the molecule is COc1cc(Nc2ncc3cc(-c4cc(C(=O)Nc5cc(C(C)(C)C)cc(NS(C)(=O)=O)c5OC)ccc4C)ccc3n2)ccc1C(=O)NCCc1c[nH]cn1. The van der Waals surface area contributed by atoms with Crippen LogP contribution in [0.5, 0.6) is 11.5 Å². The highest BCUT2D eigenvalue weighted by Crippen LogP contribution is 2.39. The smallest absolute Gasteiger partial charge is 0.255 e. The number of nitrogens with zero attached hydrogens (tertiary/aromatic N) is 3. The summed E-state index contributed by atoms with van der Waals surface area (Å²) in [5.41, 5.74) is 6.67. The maximum Gasteiger partial charge on any atom is 0.255 e. The van der Waals surface area contributed by atoms with E-state index >= 15 is 0 Å². The Kier molecular flexibility index (Phi) is 11.3. The number of imidazole rings is 1. The first-order valence-electron chi connectivity index (χ1n) is 17.7. The van der Waals surface area contributed by atoms with E-state index in [2.05, 4.69) is 35.6 Å². The van der Waals surface area contributed by atoms with Gasteiger partial charge < -0.3 is 30.4 Å². The van der Waals surface area contributed by atoms with E-state index in [1.165, 1.54) is 14.2 Å². The van der Waals surface area contributed by atoms with Crippen molar-refractivity contribution in [3.8, 4) is 22.6 Å². The second-order valence-electron chi connectivity index (χ2n) is 14.3. The molecule has 15 heteroatoms. The number of hydrogen-bond donors (Lipinski definition) is 5. The number of fused-ring (bicyclic) bond motifs is 1. The van der Waals surface area contributed by atoms with E-state index in [4.69, 9.17) is 14.5 Å². The molecule has 6 rings (SSSR count). The molecule has 290 valence electrons. The highest BCUT2D eigenvalue weighted by atomic mass is 32.2. The van der Waals surface area contributed by atoms with Gasteiger partial charge >= 0.3 is 0 Å². The molecule has 0 aliphatic rings. The Morgan fingerprint density at radius 2 is 1.68 bits per heavy atom. The summed E-state index contributed by atoms with van der Waals surface area (Å²) in [5.74, 6) is 0.307. The van der Waals surface area contributed by atoms with Gasteiger partial charge in [0.15, 0.2) is 5.75 Å². The van der Waals surface area contributed by atoms with Crippen LogP contribution in [0.15, 0.2) is 85.5 Å². The summed E-state index contributed by atoms with van der Waals surface area (Å²) < 4.78 is 38.0. The highest BCUT2D eigenvalue weighted by Gasteiger charge is 2.23. The predicted molar refractivity (Wildman–Crippen MR) is 219 cm³/mol. The monoisotopic (exact) mass is 776 g/mol. The number of amides is 2. The van der Waals surface area contributed by atoms with Gasteiger partial charge in [0.1, 0.15) is 5.75 Å². The number of aromatic amines is 1. The van der Waals surface area contributed by atoms with Crippen molar-refractivity contribution in [2.24, 2.45) is 0 Å². The van der Waals surface area contributed by atoms with Crippen LogP contribution in [0.1, 0.15) is 58.3 Å². The second kappa shape index (κ2) is 16.1. The molecule has 4 aromatic carbocycles. The van der Waals surface area contributed by atoms with Gasteiger partial charge in [-0.15, -0.1) is 0 Å². The topological polar surface area (TPSA) is 189 Å². The molecule has 2 heterocycles. The van der Waals surface area contributed by atoms with Gasteiger partial charge in [-0.05, 0) is 83.1 Å². The summed E-state index contributed by atoms with van der Waals surface area (Å²) in [6, 6.07) is 19.9. The van der Waals surface area contributed by atoms with Crippen molar-refractivity contribution < 1.29 is 27.5 Å². The van der Waals surface area contributed by atoms with Crippen LogP contribution in [0, 0.1) is 6.92 Å². The number of aryl methyl sites for hydroxylation is 1. The maximum atomic E-state index is 13.7. The molecule has 0 spiro atoms. The molecule has 0 atom stereocenters. The Morgan fingerprint density at radius 1 is 0.893 bits per heavy atom. The molecular weight excluding hydrogens is 733 g/mol. The van der Waals surface area contributed by atoms with Crippen LogP contribution >= 0.6 is 0 Å². The zero-order valence-electron chi connectivity index (χ0n) is 32.2. The van der Waals surface area contributed by atoms with Crippen molar-refractivity contribution in [2.45, 2.75) is 39.5 Å². The highest BCUT2D eigenvalue weighted by molar-refractivity contribution is 7.92. The van der Waals surface area contributed by atoms with E-state index in [0.29, 0.717) is 52.7 Å². The second-order valence-corrected chi connectivity index (χ2v) is 16.0. The van der Waals surface area contributed by atoms with Crippen LogP contribution in [0.3, 0.4) is 0 Å². The Labute approximate surface area is 325 Å². The van der Waals surface area contributed by atoms with Crippen LogP contribution in [-0.4, -0.2) is 67.2 Å². The third-order valence-electron chi connectivity index (χ3n) is 9.02. The van der Waals surface area contributed by atoms with Gasteiger partial charge in [-0.1, -0.05) is 32.9 Å². The van der Waals surface area contributed by atoms with Gasteiger partial charge in [-0.3, -0.25) is 14.3 Å². The summed E-state index contributed by atoms with van der Waals surface area (Å²) in [4.78, 5) is 42.9. The fourth-order valence-corrected chi connectivity index (χ4v) is 6.64. The molecule has 0 aliphatic carbocycles. The third-order valence-corrected chi connectivity index (χ3v) is 9.61. The van der Waals surface area contributed by atoms with Crippen LogP contribution < -0.4 is 30.1 Å². The minimum atomic E-state index is -3.63. The van der Waals surface area contributed by atoms with Gasteiger partial charge in [-0.2, -0.15) is 0 Å². The minimum absolute atomic E-state index is 0.198. The lowest BCUT2D eigenvalue weighted by Gasteiger charge is -2.24. The zero-order valence-corrected chi connectivity index (χ0v) is 33.0. The van der Waals surface area contributed by atoms with Crippen molar-refractivity contribution >= 4 is 55.8 Å². The number of benzene rings is 4. The lowest BCUT2D eigenvalue weighted by atomic mass is 9.86.